The van der Waals surface area contributed by atoms with Gasteiger partial charge in [-0.2, -0.15) is 0 Å². The van der Waals surface area contributed by atoms with E-state index in [1.54, 1.807) is 6.20 Å². The molecule has 27 heavy (non-hydrogen) atoms. The number of oxazole rings is 1. The van der Waals surface area contributed by atoms with Crippen LogP contribution in [-0.4, -0.2) is 33.9 Å². The average Bonchev–Trinajstić information content (AvgIpc) is 3.12. The van der Waals surface area contributed by atoms with Crippen molar-refractivity contribution in [2.45, 2.75) is 49.8 Å². The molecule has 9 heteroatoms. The van der Waals surface area contributed by atoms with Gasteiger partial charge in [0.25, 0.3) is 0 Å². The van der Waals surface area contributed by atoms with Gasteiger partial charge >= 0.3 is 0 Å². The first-order valence-electron chi connectivity index (χ1n) is 8.95. The van der Waals surface area contributed by atoms with E-state index in [-0.39, 0.29) is 23.2 Å². The molecule has 0 radical (unpaired) electrons. The number of nitrogens with one attached hydrogen (secondary N) is 2. The molecule has 1 fully saturated rings. The highest BCUT2D eigenvalue weighted by Crippen LogP contribution is 2.30. The lowest BCUT2D eigenvalue weighted by atomic mass is 9.94. The molecule has 1 saturated heterocycles. The van der Waals surface area contributed by atoms with Crippen LogP contribution in [0.2, 0.25) is 5.02 Å². The van der Waals surface area contributed by atoms with Gasteiger partial charge < -0.3 is 9.73 Å². The zero-order valence-electron chi connectivity index (χ0n) is 15.7. The highest BCUT2D eigenvalue weighted by atomic mass is 35.5. The van der Waals surface area contributed by atoms with E-state index in [1.165, 1.54) is 18.0 Å². The second kappa shape index (κ2) is 8.58. The number of carbonyl (C=O) groups is 1. The fourth-order valence-corrected chi connectivity index (χ4v) is 3.65. The second-order valence-electron chi connectivity index (χ2n) is 7.52. The summed E-state index contributed by atoms with van der Waals surface area (Å²) in [6.07, 6.45) is 4.90. The predicted octanol–water partition coefficient (Wildman–Crippen LogP) is 3.65. The Bertz CT molecular complexity index is 799. The highest BCUT2D eigenvalue weighted by Gasteiger charge is 2.22. The van der Waals surface area contributed by atoms with Crippen molar-refractivity contribution in [3.05, 3.63) is 29.1 Å². The number of thioether (sulfide) groups is 1. The molecule has 0 aliphatic carbocycles. The van der Waals surface area contributed by atoms with Gasteiger partial charge in [-0.25, -0.2) is 15.0 Å². The lowest BCUT2D eigenvalue weighted by molar-refractivity contribution is -0.120. The first kappa shape index (κ1) is 20.1. The molecule has 3 heterocycles. The van der Waals surface area contributed by atoms with Crippen LogP contribution in [0.5, 0.6) is 0 Å². The van der Waals surface area contributed by atoms with Gasteiger partial charge in [-0.3, -0.25) is 10.1 Å². The molecule has 0 atom stereocenters. The number of piperidine rings is 1. The summed E-state index contributed by atoms with van der Waals surface area (Å²) in [6, 6.07) is 0. The van der Waals surface area contributed by atoms with Crippen molar-refractivity contribution in [2.75, 3.05) is 18.4 Å². The summed E-state index contributed by atoms with van der Waals surface area (Å²) in [7, 11) is 0. The number of hydrogen-bond donors (Lipinski definition) is 2. The standard InChI is InChI=1S/C18H24ClN5O2S/c1-18(2,3)13-9-21-14(26-13)10-27-16-12(19)8-22-17(24-16)23-15(25)11-4-6-20-7-5-11/h8-9,11,20H,4-7,10H2,1-3H3,(H,22,23,24,25). The minimum absolute atomic E-state index is 0.00947. The largest absolute Gasteiger partial charge is 0.444 e. The molecule has 0 unspecified atom stereocenters. The van der Waals surface area contributed by atoms with Gasteiger partial charge in [0, 0.05) is 11.3 Å². The number of halogens is 1. The maximum Gasteiger partial charge on any atom is 0.230 e. The average molecular weight is 410 g/mol. The zero-order valence-corrected chi connectivity index (χ0v) is 17.3. The van der Waals surface area contributed by atoms with E-state index in [0.717, 1.165) is 31.7 Å². The van der Waals surface area contributed by atoms with Crippen LogP contribution in [0.25, 0.3) is 0 Å². The van der Waals surface area contributed by atoms with Crippen molar-refractivity contribution < 1.29 is 9.21 Å². The quantitative estimate of drug-likeness (QED) is 0.575. The Kier molecular flexibility index (Phi) is 6.39. The molecule has 7 nitrogen and oxygen atoms in total. The van der Waals surface area contributed by atoms with Gasteiger partial charge in [-0.15, -0.1) is 0 Å². The van der Waals surface area contributed by atoms with E-state index in [4.69, 9.17) is 16.0 Å². The minimum atomic E-state index is -0.0887. The first-order valence-corrected chi connectivity index (χ1v) is 10.3. The monoisotopic (exact) mass is 409 g/mol. The van der Waals surface area contributed by atoms with E-state index < -0.39 is 0 Å². The Morgan fingerprint density at radius 2 is 2.07 bits per heavy atom. The molecule has 0 saturated carbocycles. The molecule has 2 N–H and O–H groups in total. The smallest absolute Gasteiger partial charge is 0.230 e. The van der Waals surface area contributed by atoms with Crippen LogP contribution in [-0.2, 0) is 16.0 Å². The number of aromatic nitrogens is 3. The Balaban J connectivity index is 1.63. The molecular formula is C18H24ClN5O2S. The normalized spacial score (nSPS) is 15.7. The molecule has 0 aromatic carbocycles. The molecule has 0 bridgehead atoms. The lowest BCUT2D eigenvalue weighted by Gasteiger charge is -2.21. The topological polar surface area (TPSA) is 92.9 Å². The van der Waals surface area contributed by atoms with Crippen LogP contribution < -0.4 is 10.6 Å². The summed E-state index contributed by atoms with van der Waals surface area (Å²) in [4.78, 5) is 25.2. The molecule has 2 aromatic heterocycles. The molecular weight excluding hydrogens is 386 g/mol. The number of nitrogens with zero attached hydrogens (tertiary/aromatic N) is 3. The predicted molar refractivity (Wildman–Crippen MR) is 106 cm³/mol. The van der Waals surface area contributed by atoms with Crippen LogP contribution in [0.1, 0.15) is 45.3 Å². The number of hydrogen-bond acceptors (Lipinski definition) is 7. The number of anilines is 1. The van der Waals surface area contributed by atoms with E-state index in [1.807, 2.05) is 0 Å². The van der Waals surface area contributed by atoms with Gasteiger partial charge in [0.2, 0.25) is 17.7 Å². The fraction of sp³-hybridized carbons (Fsp3) is 0.556. The van der Waals surface area contributed by atoms with Crippen molar-refractivity contribution in [3.63, 3.8) is 0 Å². The van der Waals surface area contributed by atoms with Crippen LogP contribution in [0.15, 0.2) is 21.8 Å². The third-order valence-electron chi connectivity index (χ3n) is 4.28. The Hall–Kier alpha value is -1.64. The maximum atomic E-state index is 12.4. The van der Waals surface area contributed by atoms with Crippen molar-refractivity contribution in [2.24, 2.45) is 5.92 Å². The Labute approximate surface area is 168 Å². The zero-order chi connectivity index (χ0) is 19.4. The SMILES string of the molecule is CC(C)(C)c1cnc(CSc2nc(NC(=O)C3CCNCC3)ncc2Cl)o1. The molecule has 1 aliphatic rings. The van der Waals surface area contributed by atoms with Crippen molar-refractivity contribution in [1.82, 2.24) is 20.3 Å². The van der Waals surface area contributed by atoms with E-state index in [0.29, 0.717) is 21.7 Å². The minimum Gasteiger partial charge on any atom is -0.444 e. The van der Waals surface area contributed by atoms with Crippen molar-refractivity contribution in [3.8, 4) is 0 Å². The van der Waals surface area contributed by atoms with Crippen molar-refractivity contribution in [1.29, 1.82) is 0 Å². The van der Waals surface area contributed by atoms with Gasteiger partial charge in [-0.05, 0) is 25.9 Å². The number of carbonyl (C=O) groups excluding carboxylic acids is 1. The highest BCUT2D eigenvalue weighted by molar-refractivity contribution is 7.98. The van der Waals surface area contributed by atoms with Crippen LogP contribution in [0.4, 0.5) is 5.95 Å². The third-order valence-corrected chi connectivity index (χ3v) is 5.65. The van der Waals surface area contributed by atoms with E-state index in [9.17, 15) is 4.79 Å². The summed E-state index contributed by atoms with van der Waals surface area (Å²) in [5.74, 6) is 2.16. The summed E-state index contributed by atoms with van der Waals surface area (Å²) < 4.78 is 5.79. The molecule has 2 aromatic rings. The molecule has 1 aliphatic heterocycles. The Morgan fingerprint density at radius 1 is 1.33 bits per heavy atom. The maximum absolute atomic E-state index is 12.4. The third kappa shape index (κ3) is 5.43. The number of rotatable bonds is 5. The van der Waals surface area contributed by atoms with Gasteiger partial charge in [-0.1, -0.05) is 44.1 Å². The second-order valence-corrected chi connectivity index (χ2v) is 8.89. The summed E-state index contributed by atoms with van der Waals surface area (Å²) in [5.41, 5.74) is -0.0887. The van der Waals surface area contributed by atoms with Crippen LogP contribution in [0, 0.1) is 5.92 Å². The molecule has 1 amide bonds. The molecule has 146 valence electrons. The first-order chi connectivity index (χ1) is 12.8. The molecule has 3 rings (SSSR count). The molecule has 0 spiro atoms. The lowest BCUT2D eigenvalue weighted by Crippen LogP contribution is -2.34. The van der Waals surface area contributed by atoms with Gasteiger partial charge in [0.1, 0.15) is 10.8 Å². The van der Waals surface area contributed by atoms with E-state index >= 15 is 0 Å². The summed E-state index contributed by atoms with van der Waals surface area (Å²) in [5, 5.41) is 7.07. The van der Waals surface area contributed by atoms with Crippen LogP contribution in [0.3, 0.4) is 0 Å². The summed E-state index contributed by atoms with van der Waals surface area (Å²) in [6.45, 7) is 7.93. The fourth-order valence-electron chi connectivity index (χ4n) is 2.66. The summed E-state index contributed by atoms with van der Waals surface area (Å²) >= 11 is 7.61. The number of amides is 1. The van der Waals surface area contributed by atoms with Crippen molar-refractivity contribution >= 4 is 35.2 Å². The van der Waals surface area contributed by atoms with Gasteiger partial charge in [0.15, 0.2) is 0 Å². The van der Waals surface area contributed by atoms with Gasteiger partial charge in [0.05, 0.1) is 23.2 Å². The van der Waals surface area contributed by atoms with Crippen LogP contribution >= 0.6 is 23.4 Å². The Morgan fingerprint density at radius 3 is 2.74 bits per heavy atom. The van der Waals surface area contributed by atoms with E-state index in [2.05, 4.69) is 46.4 Å².